The molecule has 0 aliphatic heterocycles. The van der Waals surface area contributed by atoms with Crippen LogP contribution in [0.1, 0.15) is 18.2 Å². The number of rotatable bonds is 3. The van der Waals surface area contributed by atoms with E-state index in [2.05, 4.69) is 33.2 Å². The minimum atomic E-state index is 0.281. The summed E-state index contributed by atoms with van der Waals surface area (Å²) in [6.07, 6.45) is 0.794. The average Bonchev–Trinajstić information content (AvgIpc) is 2.64. The van der Waals surface area contributed by atoms with Crippen molar-refractivity contribution < 1.29 is 0 Å². The number of aromatic nitrogens is 2. The number of thiophene rings is 1. The largest absolute Gasteiger partial charge is 0.368 e. The summed E-state index contributed by atoms with van der Waals surface area (Å²) in [4.78, 5) is 10.5. The van der Waals surface area contributed by atoms with Crippen molar-refractivity contribution in [2.75, 3.05) is 11.9 Å². The van der Waals surface area contributed by atoms with Crippen molar-refractivity contribution in [1.82, 2.24) is 9.97 Å². The predicted molar refractivity (Wildman–Crippen MR) is 73.7 cm³/mol. The van der Waals surface area contributed by atoms with E-state index in [1.165, 1.54) is 4.88 Å². The Morgan fingerprint density at radius 3 is 3.06 bits per heavy atom. The summed E-state index contributed by atoms with van der Waals surface area (Å²) in [5.74, 6) is 6.65. The molecular formula is C12H12ClN3S. The van der Waals surface area contributed by atoms with Crippen LogP contribution in [0.4, 0.5) is 5.82 Å². The lowest BCUT2D eigenvalue weighted by molar-refractivity contribution is 1.07. The van der Waals surface area contributed by atoms with Crippen molar-refractivity contribution in [3.8, 4) is 11.8 Å². The standard InChI is InChI=1S/C12H12ClN3S/c1-3-4-5-6-14-10-9-7-8(2)17-11(9)16-12(13)15-10/h7H,5-6H2,1-2H3,(H,14,15,16). The van der Waals surface area contributed by atoms with Gasteiger partial charge in [0, 0.05) is 17.8 Å². The van der Waals surface area contributed by atoms with Crippen LogP contribution in [0.2, 0.25) is 5.28 Å². The van der Waals surface area contributed by atoms with E-state index in [-0.39, 0.29) is 5.28 Å². The Labute approximate surface area is 109 Å². The smallest absolute Gasteiger partial charge is 0.225 e. The molecular weight excluding hydrogens is 254 g/mol. The molecule has 0 atom stereocenters. The van der Waals surface area contributed by atoms with Gasteiger partial charge in [0.1, 0.15) is 10.6 Å². The zero-order valence-electron chi connectivity index (χ0n) is 9.67. The monoisotopic (exact) mass is 265 g/mol. The molecule has 0 amide bonds. The topological polar surface area (TPSA) is 37.8 Å². The van der Waals surface area contributed by atoms with E-state index >= 15 is 0 Å². The summed E-state index contributed by atoms with van der Waals surface area (Å²) in [6.45, 7) is 4.65. The Bertz CT molecular complexity index is 595. The van der Waals surface area contributed by atoms with Crippen LogP contribution >= 0.6 is 22.9 Å². The van der Waals surface area contributed by atoms with Gasteiger partial charge in [0.05, 0.1) is 5.39 Å². The van der Waals surface area contributed by atoms with E-state index in [0.29, 0.717) is 0 Å². The van der Waals surface area contributed by atoms with Gasteiger partial charge in [0.2, 0.25) is 5.28 Å². The molecule has 5 heteroatoms. The van der Waals surface area contributed by atoms with Crippen LogP contribution in [-0.2, 0) is 0 Å². The number of nitrogens with one attached hydrogen (secondary N) is 1. The van der Waals surface area contributed by atoms with E-state index in [1.807, 2.05) is 13.8 Å². The molecule has 2 aromatic rings. The average molecular weight is 266 g/mol. The third kappa shape index (κ3) is 2.87. The first-order valence-corrected chi connectivity index (χ1v) is 6.47. The minimum absolute atomic E-state index is 0.281. The Morgan fingerprint density at radius 1 is 1.47 bits per heavy atom. The van der Waals surface area contributed by atoms with Crippen molar-refractivity contribution in [2.45, 2.75) is 20.3 Å². The third-order valence-electron chi connectivity index (χ3n) is 2.21. The minimum Gasteiger partial charge on any atom is -0.368 e. The van der Waals surface area contributed by atoms with Crippen molar-refractivity contribution in [3.05, 3.63) is 16.2 Å². The molecule has 1 N–H and O–H groups in total. The Morgan fingerprint density at radius 2 is 2.29 bits per heavy atom. The van der Waals surface area contributed by atoms with Crippen LogP contribution in [0.5, 0.6) is 0 Å². The summed E-state index contributed by atoms with van der Waals surface area (Å²) in [6, 6.07) is 2.07. The zero-order chi connectivity index (χ0) is 12.3. The molecule has 88 valence electrons. The number of aryl methyl sites for hydroxylation is 1. The lowest BCUT2D eigenvalue weighted by Gasteiger charge is -2.04. The molecule has 17 heavy (non-hydrogen) atoms. The number of hydrogen-bond donors (Lipinski definition) is 1. The van der Waals surface area contributed by atoms with Gasteiger partial charge in [-0.25, -0.2) is 9.97 Å². The fraction of sp³-hybridized carbons (Fsp3) is 0.333. The maximum Gasteiger partial charge on any atom is 0.225 e. The zero-order valence-corrected chi connectivity index (χ0v) is 11.2. The fourth-order valence-electron chi connectivity index (χ4n) is 1.52. The Balaban J connectivity index is 2.27. The molecule has 0 aromatic carbocycles. The number of halogens is 1. The highest BCUT2D eigenvalue weighted by Gasteiger charge is 2.08. The van der Waals surface area contributed by atoms with Gasteiger partial charge in [-0.1, -0.05) is 0 Å². The molecule has 0 saturated heterocycles. The molecule has 0 saturated carbocycles. The van der Waals surface area contributed by atoms with Crippen LogP contribution in [0.25, 0.3) is 10.2 Å². The highest BCUT2D eigenvalue weighted by Crippen LogP contribution is 2.29. The van der Waals surface area contributed by atoms with E-state index in [0.717, 1.165) is 29.0 Å². The van der Waals surface area contributed by atoms with Crippen LogP contribution in [0.3, 0.4) is 0 Å². The molecule has 0 fully saturated rings. The quantitative estimate of drug-likeness (QED) is 0.525. The molecule has 0 radical (unpaired) electrons. The molecule has 2 rings (SSSR count). The molecule has 0 spiro atoms. The van der Waals surface area contributed by atoms with Gasteiger partial charge in [-0.15, -0.1) is 23.2 Å². The number of hydrogen-bond acceptors (Lipinski definition) is 4. The number of fused-ring (bicyclic) bond motifs is 1. The van der Waals surface area contributed by atoms with Gasteiger partial charge in [-0.2, -0.15) is 0 Å². The van der Waals surface area contributed by atoms with Crippen LogP contribution in [0, 0.1) is 18.8 Å². The Kier molecular flexibility index (Phi) is 3.82. The maximum absolute atomic E-state index is 5.89. The highest BCUT2D eigenvalue weighted by molar-refractivity contribution is 7.18. The SMILES string of the molecule is CC#CCCNc1nc(Cl)nc2sc(C)cc12. The van der Waals surface area contributed by atoms with E-state index < -0.39 is 0 Å². The summed E-state index contributed by atoms with van der Waals surface area (Å²) in [5.41, 5.74) is 0. The van der Waals surface area contributed by atoms with E-state index in [9.17, 15) is 0 Å². The summed E-state index contributed by atoms with van der Waals surface area (Å²) >= 11 is 7.51. The lowest BCUT2D eigenvalue weighted by Crippen LogP contribution is -2.03. The second kappa shape index (κ2) is 5.35. The summed E-state index contributed by atoms with van der Waals surface area (Å²) in [7, 11) is 0. The molecule has 0 aliphatic rings. The van der Waals surface area contributed by atoms with Gasteiger partial charge in [0.15, 0.2) is 0 Å². The molecule has 2 aromatic heterocycles. The fourth-order valence-corrected chi connectivity index (χ4v) is 2.62. The lowest BCUT2D eigenvalue weighted by atomic mass is 10.3. The first-order chi connectivity index (χ1) is 8.20. The number of anilines is 1. The highest BCUT2D eigenvalue weighted by atomic mass is 35.5. The van der Waals surface area contributed by atoms with Crippen molar-refractivity contribution in [3.63, 3.8) is 0 Å². The molecule has 0 unspecified atom stereocenters. The number of nitrogens with zero attached hydrogens (tertiary/aromatic N) is 2. The van der Waals surface area contributed by atoms with Gasteiger partial charge in [-0.3, -0.25) is 0 Å². The normalized spacial score (nSPS) is 10.1. The van der Waals surface area contributed by atoms with Gasteiger partial charge in [0.25, 0.3) is 0 Å². The maximum atomic E-state index is 5.89. The molecule has 0 aliphatic carbocycles. The second-order valence-electron chi connectivity index (χ2n) is 3.52. The van der Waals surface area contributed by atoms with Crippen LogP contribution in [0.15, 0.2) is 6.07 Å². The van der Waals surface area contributed by atoms with Gasteiger partial charge < -0.3 is 5.32 Å². The predicted octanol–water partition coefficient (Wildman–Crippen LogP) is 3.48. The van der Waals surface area contributed by atoms with E-state index in [4.69, 9.17) is 11.6 Å². The first-order valence-electron chi connectivity index (χ1n) is 5.28. The summed E-state index contributed by atoms with van der Waals surface area (Å²) < 4.78 is 0. The third-order valence-corrected chi connectivity index (χ3v) is 3.32. The van der Waals surface area contributed by atoms with Crippen LogP contribution < -0.4 is 5.32 Å². The van der Waals surface area contributed by atoms with Crippen LogP contribution in [-0.4, -0.2) is 16.5 Å². The van der Waals surface area contributed by atoms with Gasteiger partial charge >= 0.3 is 0 Å². The first kappa shape index (κ1) is 12.2. The molecule has 0 bridgehead atoms. The van der Waals surface area contributed by atoms with Gasteiger partial charge in [-0.05, 0) is 31.5 Å². The Hall–Kier alpha value is -1.31. The van der Waals surface area contributed by atoms with E-state index in [1.54, 1.807) is 11.3 Å². The van der Waals surface area contributed by atoms with Crippen molar-refractivity contribution in [1.29, 1.82) is 0 Å². The van der Waals surface area contributed by atoms with Crippen molar-refractivity contribution >= 4 is 39.0 Å². The van der Waals surface area contributed by atoms with Crippen molar-refractivity contribution in [2.24, 2.45) is 0 Å². The second-order valence-corrected chi connectivity index (χ2v) is 5.09. The molecule has 2 heterocycles. The summed E-state index contributed by atoms with van der Waals surface area (Å²) in [5, 5.41) is 4.56. The molecule has 3 nitrogen and oxygen atoms in total.